The highest BCUT2D eigenvalue weighted by Crippen LogP contribution is 2.23. The lowest BCUT2D eigenvalue weighted by Gasteiger charge is -2.09. The summed E-state index contributed by atoms with van der Waals surface area (Å²) in [5.74, 6) is -2.84. The van der Waals surface area contributed by atoms with Gasteiger partial charge in [-0.25, -0.2) is 17.2 Å². The predicted molar refractivity (Wildman–Crippen MR) is 71.0 cm³/mol. The first-order chi connectivity index (χ1) is 9.74. The van der Waals surface area contributed by atoms with Gasteiger partial charge >= 0.3 is 0 Å². The van der Waals surface area contributed by atoms with Crippen molar-refractivity contribution in [2.24, 2.45) is 7.05 Å². The Labute approximate surface area is 120 Å². The number of halogens is 2. The number of anilines is 1. The molecule has 2 aromatic rings. The van der Waals surface area contributed by atoms with Gasteiger partial charge in [-0.05, 0) is 24.6 Å². The predicted octanol–water partition coefficient (Wildman–Crippen LogP) is 1.30. The molecule has 114 valence electrons. The largest absolute Gasteiger partial charge is 0.392 e. The maximum Gasteiger partial charge on any atom is 0.265 e. The van der Waals surface area contributed by atoms with Crippen molar-refractivity contribution in [1.29, 1.82) is 0 Å². The molecule has 2 rings (SSSR count). The molecule has 0 bridgehead atoms. The van der Waals surface area contributed by atoms with E-state index in [0.717, 1.165) is 12.1 Å². The second-order valence-electron chi connectivity index (χ2n) is 4.46. The minimum atomic E-state index is -4.34. The molecule has 0 aliphatic rings. The standard InChI is InChI=1S/C12H13F2N3O3S/c1-7-10(5-17(2)15-7)16-21(19,20)11-4-8(6-18)3-9(13)12(11)14/h3-5,16,18H,6H2,1-2H3. The zero-order valence-electron chi connectivity index (χ0n) is 11.3. The summed E-state index contributed by atoms with van der Waals surface area (Å²) in [5.41, 5.74) is 0.504. The number of nitrogens with zero attached hydrogens (tertiary/aromatic N) is 2. The summed E-state index contributed by atoms with van der Waals surface area (Å²) in [5, 5.41) is 12.9. The lowest BCUT2D eigenvalue weighted by Crippen LogP contribution is -2.16. The number of aliphatic hydroxyl groups excluding tert-OH is 1. The van der Waals surface area contributed by atoms with Crippen LogP contribution in [0.5, 0.6) is 0 Å². The van der Waals surface area contributed by atoms with Crippen molar-refractivity contribution < 1.29 is 22.3 Å². The fourth-order valence-electron chi connectivity index (χ4n) is 1.80. The summed E-state index contributed by atoms with van der Waals surface area (Å²) in [6.07, 6.45) is 1.40. The number of sulfonamides is 1. The number of hydrogen-bond donors (Lipinski definition) is 2. The molecule has 0 atom stereocenters. The Bertz CT molecular complexity index is 787. The normalized spacial score (nSPS) is 11.7. The molecule has 0 spiro atoms. The summed E-state index contributed by atoms with van der Waals surface area (Å²) in [6, 6.07) is 1.62. The monoisotopic (exact) mass is 317 g/mol. The topological polar surface area (TPSA) is 84.2 Å². The van der Waals surface area contributed by atoms with Gasteiger partial charge in [-0.2, -0.15) is 5.10 Å². The second kappa shape index (κ2) is 5.41. The molecule has 0 aliphatic carbocycles. The zero-order chi connectivity index (χ0) is 15.8. The number of rotatable bonds is 4. The van der Waals surface area contributed by atoms with Crippen LogP contribution in [0, 0.1) is 18.6 Å². The highest BCUT2D eigenvalue weighted by molar-refractivity contribution is 7.92. The van der Waals surface area contributed by atoms with Crippen LogP contribution in [0.2, 0.25) is 0 Å². The van der Waals surface area contributed by atoms with E-state index in [4.69, 9.17) is 5.11 Å². The number of aliphatic hydroxyl groups is 1. The summed E-state index contributed by atoms with van der Waals surface area (Å²) < 4.78 is 55.0. The minimum absolute atomic E-state index is 0.0443. The summed E-state index contributed by atoms with van der Waals surface area (Å²) in [7, 11) is -2.74. The highest BCUT2D eigenvalue weighted by Gasteiger charge is 2.24. The van der Waals surface area contributed by atoms with Crippen molar-refractivity contribution in [3.63, 3.8) is 0 Å². The van der Waals surface area contributed by atoms with E-state index < -0.39 is 33.2 Å². The Kier molecular flexibility index (Phi) is 3.97. The number of aromatic nitrogens is 2. The fraction of sp³-hybridized carbons (Fsp3) is 0.250. The van der Waals surface area contributed by atoms with E-state index in [2.05, 4.69) is 9.82 Å². The van der Waals surface area contributed by atoms with E-state index in [0.29, 0.717) is 5.69 Å². The van der Waals surface area contributed by atoms with Crippen LogP contribution in [0.4, 0.5) is 14.5 Å². The lowest BCUT2D eigenvalue weighted by molar-refractivity contribution is 0.280. The summed E-state index contributed by atoms with van der Waals surface area (Å²) >= 11 is 0. The van der Waals surface area contributed by atoms with Crippen LogP contribution in [0.3, 0.4) is 0 Å². The Morgan fingerprint density at radius 1 is 1.38 bits per heavy atom. The molecule has 1 aromatic carbocycles. The van der Waals surface area contributed by atoms with E-state index >= 15 is 0 Å². The van der Waals surface area contributed by atoms with Gasteiger partial charge in [0.2, 0.25) is 0 Å². The smallest absolute Gasteiger partial charge is 0.265 e. The summed E-state index contributed by atoms with van der Waals surface area (Å²) in [4.78, 5) is -0.866. The molecular formula is C12H13F2N3O3S. The van der Waals surface area contributed by atoms with Gasteiger partial charge in [-0.1, -0.05) is 0 Å². The van der Waals surface area contributed by atoms with Gasteiger partial charge in [-0.3, -0.25) is 9.40 Å². The van der Waals surface area contributed by atoms with E-state index in [1.807, 2.05) is 0 Å². The molecule has 1 aromatic heterocycles. The molecule has 0 saturated heterocycles. The lowest BCUT2D eigenvalue weighted by atomic mass is 10.2. The number of aryl methyl sites for hydroxylation is 2. The maximum absolute atomic E-state index is 13.7. The highest BCUT2D eigenvalue weighted by atomic mass is 32.2. The van der Waals surface area contributed by atoms with Crippen LogP contribution in [0.1, 0.15) is 11.3 Å². The Morgan fingerprint density at radius 3 is 2.57 bits per heavy atom. The molecule has 0 aliphatic heterocycles. The van der Waals surface area contributed by atoms with Gasteiger partial charge in [-0.15, -0.1) is 0 Å². The second-order valence-corrected chi connectivity index (χ2v) is 6.11. The van der Waals surface area contributed by atoms with Crippen LogP contribution >= 0.6 is 0 Å². The maximum atomic E-state index is 13.7. The van der Waals surface area contributed by atoms with Crippen molar-refractivity contribution in [1.82, 2.24) is 9.78 Å². The third-order valence-electron chi connectivity index (χ3n) is 2.78. The van der Waals surface area contributed by atoms with Crippen LogP contribution in [0.25, 0.3) is 0 Å². The first-order valence-corrected chi connectivity index (χ1v) is 7.34. The average molecular weight is 317 g/mol. The number of hydrogen-bond acceptors (Lipinski definition) is 4. The Balaban J connectivity index is 2.49. The van der Waals surface area contributed by atoms with Crippen molar-refractivity contribution in [3.05, 3.63) is 41.2 Å². The van der Waals surface area contributed by atoms with E-state index in [1.165, 1.54) is 10.9 Å². The number of benzene rings is 1. The van der Waals surface area contributed by atoms with Gasteiger partial charge in [0.15, 0.2) is 11.6 Å². The molecule has 6 nitrogen and oxygen atoms in total. The molecule has 9 heteroatoms. The average Bonchev–Trinajstić information content (AvgIpc) is 2.70. The van der Waals surface area contributed by atoms with Crippen molar-refractivity contribution >= 4 is 15.7 Å². The molecule has 0 unspecified atom stereocenters. The third kappa shape index (κ3) is 3.03. The van der Waals surface area contributed by atoms with Gasteiger partial charge < -0.3 is 5.11 Å². The Hall–Kier alpha value is -2.00. The molecule has 1 heterocycles. The van der Waals surface area contributed by atoms with E-state index in [-0.39, 0.29) is 11.3 Å². The molecule has 0 radical (unpaired) electrons. The molecule has 0 saturated carbocycles. The third-order valence-corrected chi connectivity index (χ3v) is 4.15. The van der Waals surface area contributed by atoms with Crippen LogP contribution < -0.4 is 4.72 Å². The SMILES string of the molecule is Cc1nn(C)cc1NS(=O)(=O)c1cc(CO)cc(F)c1F. The Morgan fingerprint density at radius 2 is 2.05 bits per heavy atom. The van der Waals surface area contributed by atoms with Crippen LogP contribution in [0.15, 0.2) is 23.2 Å². The first-order valence-electron chi connectivity index (χ1n) is 5.86. The molecule has 0 amide bonds. The van der Waals surface area contributed by atoms with Gasteiger partial charge in [0.05, 0.1) is 18.0 Å². The fourth-order valence-corrected chi connectivity index (χ4v) is 3.04. The first kappa shape index (κ1) is 15.4. The van der Waals surface area contributed by atoms with Crippen molar-refractivity contribution in [2.75, 3.05) is 4.72 Å². The quantitative estimate of drug-likeness (QED) is 0.890. The zero-order valence-corrected chi connectivity index (χ0v) is 12.1. The number of nitrogens with one attached hydrogen (secondary N) is 1. The van der Waals surface area contributed by atoms with Gasteiger partial charge in [0.1, 0.15) is 4.90 Å². The molecule has 2 N–H and O–H groups in total. The van der Waals surface area contributed by atoms with Crippen LogP contribution in [-0.2, 0) is 23.7 Å². The van der Waals surface area contributed by atoms with Crippen LogP contribution in [-0.4, -0.2) is 23.3 Å². The summed E-state index contributed by atoms with van der Waals surface area (Å²) in [6.45, 7) is 0.963. The molecule has 21 heavy (non-hydrogen) atoms. The van der Waals surface area contributed by atoms with Gasteiger partial charge in [0, 0.05) is 13.2 Å². The van der Waals surface area contributed by atoms with E-state index in [1.54, 1.807) is 14.0 Å². The van der Waals surface area contributed by atoms with Gasteiger partial charge in [0.25, 0.3) is 10.0 Å². The van der Waals surface area contributed by atoms with E-state index in [9.17, 15) is 17.2 Å². The molecular weight excluding hydrogens is 304 g/mol. The minimum Gasteiger partial charge on any atom is -0.392 e. The van der Waals surface area contributed by atoms with Crippen molar-refractivity contribution in [3.8, 4) is 0 Å². The molecule has 0 fully saturated rings. The van der Waals surface area contributed by atoms with Crippen molar-refractivity contribution in [2.45, 2.75) is 18.4 Å².